The Morgan fingerprint density at radius 3 is 2.78 bits per heavy atom. The van der Waals surface area contributed by atoms with Crippen molar-refractivity contribution in [3.8, 4) is 11.5 Å². The van der Waals surface area contributed by atoms with Gasteiger partial charge in [0.15, 0.2) is 11.5 Å². The van der Waals surface area contributed by atoms with E-state index in [2.05, 4.69) is 16.8 Å². The fourth-order valence-electron chi connectivity index (χ4n) is 3.87. The fraction of sp³-hybridized carbons (Fsp3) is 0.280. The van der Waals surface area contributed by atoms with Gasteiger partial charge in [-0.3, -0.25) is 9.59 Å². The summed E-state index contributed by atoms with van der Waals surface area (Å²) in [7, 11) is 1.54. The number of anilines is 1. The molecule has 1 aliphatic rings. The van der Waals surface area contributed by atoms with Crippen LogP contribution in [0.1, 0.15) is 43.6 Å². The summed E-state index contributed by atoms with van der Waals surface area (Å²) in [5.74, 6) is 0.793. The zero-order valence-electron chi connectivity index (χ0n) is 18.4. The third-order valence-corrected chi connectivity index (χ3v) is 6.66. The van der Waals surface area contributed by atoms with Crippen molar-refractivity contribution in [2.24, 2.45) is 0 Å². The van der Waals surface area contributed by atoms with Crippen LogP contribution >= 0.6 is 11.3 Å². The molecule has 1 N–H and O–H groups in total. The van der Waals surface area contributed by atoms with E-state index in [1.165, 1.54) is 10.4 Å². The van der Waals surface area contributed by atoms with E-state index in [0.717, 1.165) is 12.0 Å². The molecule has 0 saturated heterocycles. The summed E-state index contributed by atoms with van der Waals surface area (Å²) in [4.78, 5) is 29.4. The van der Waals surface area contributed by atoms with E-state index in [-0.39, 0.29) is 11.8 Å². The summed E-state index contributed by atoms with van der Waals surface area (Å²) in [6.07, 6.45) is 0.883. The number of carbonyl (C=O) groups excluding carboxylic acids is 2. The van der Waals surface area contributed by atoms with Gasteiger partial charge in [-0.25, -0.2) is 0 Å². The van der Waals surface area contributed by atoms with Crippen LogP contribution in [-0.2, 0) is 13.0 Å². The number of ether oxygens (including phenoxy) is 2. The van der Waals surface area contributed by atoms with Crippen LogP contribution in [0.5, 0.6) is 11.5 Å². The highest BCUT2D eigenvalue weighted by Gasteiger charge is 2.24. The molecule has 6 nitrogen and oxygen atoms in total. The number of nitrogens with zero attached hydrogens (tertiary/aromatic N) is 1. The average molecular weight is 451 g/mol. The topological polar surface area (TPSA) is 67.9 Å². The molecular weight excluding hydrogens is 424 g/mol. The maximum atomic E-state index is 13.2. The number of nitrogens with one attached hydrogen (secondary N) is 1. The molecular formula is C25H26N2O4S. The third kappa shape index (κ3) is 4.34. The molecule has 0 bridgehead atoms. The number of methoxy groups -OCH3 is 1. The van der Waals surface area contributed by atoms with E-state index in [9.17, 15) is 9.59 Å². The lowest BCUT2D eigenvalue weighted by Crippen LogP contribution is -2.35. The van der Waals surface area contributed by atoms with E-state index < -0.39 is 0 Å². The molecule has 7 heteroatoms. The lowest BCUT2D eigenvalue weighted by Gasteiger charge is -2.28. The van der Waals surface area contributed by atoms with Crippen molar-refractivity contribution in [1.29, 1.82) is 0 Å². The Hall–Kier alpha value is -3.32. The van der Waals surface area contributed by atoms with Gasteiger partial charge < -0.3 is 19.7 Å². The van der Waals surface area contributed by atoms with E-state index in [1.54, 1.807) is 42.7 Å². The van der Waals surface area contributed by atoms with Crippen LogP contribution < -0.4 is 14.8 Å². The summed E-state index contributed by atoms with van der Waals surface area (Å²) in [5, 5.41) is 5.01. The second-order valence-electron chi connectivity index (χ2n) is 7.58. The molecule has 0 saturated carbocycles. The molecule has 0 spiro atoms. The number of hydrogen-bond donors (Lipinski definition) is 1. The maximum absolute atomic E-state index is 13.2. The first-order chi connectivity index (χ1) is 15.5. The molecule has 0 fully saturated rings. The molecule has 3 aromatic rings. The average Bonchev–Trinajstić information content (AvgIpc) is 3.28. The molecule has 166 valence electrons. The van der Waals surface area contributed by atoms with Gasteiger partial charge in [0.25, 0.3) is 11.8 Å². The molecule has 1 aromatic heterocycles. The summed E-state index contributed by atoms with van der Waals surface area (Å²) in [5.41, 5.74) is 3.64. The van der Waals surface area contributed by atoms with E-state index >= 15 is 0 Å². The Labute approximate surface area is 191 Å². The van der Waals surface area contributed by atoms with Gasteiger partial charge in [-0.2, -0.15) is 0 Å². The number of benzene rings is 2. The van der Waals surface area contributed by atoms with Gasteiger partial charge in [-0.15, -0.1) is 11.3 Å². The highest BCUT2D eigenvalue weighted by Crippen LogP contribution is 2.30. The first-order valence-electron chi connectivity index (χ1n) is 10.6. The van der Waals surface area contributed by atoms with Crippen LogP contribution in [-0.4, -0.2) is 37.0 Å². The predicted molar refractivity (Wildman–Crippen MR) is 126 cm³/mol. The predicted octanol–water partition coefficient (Wildman–Crippen LogP) is 4.91. The van der Waals surface area contributed by atoms with Gasteiger partial charge in [0.05, 0.1) is 13.7 Å². The van der Waals surface area contributed by atoms with Crippen LogP contribution in [0.4, 0.5) is 5.69 Å². The summed E-state index contributed by atoms with van der Waals surface area (Å²) >= 11 is 1.75. The molecule has 2 amide bonds. The molecule has 0 unspecified atom stereocenters. The number of amides is 2. The van der Waals surface area contributed by atoms with Crippen LogP contribution in [0.3, 0.4) is 0 Å². The molecule has 1 aliphatic heterocycles. The Kier molecular flexibility index (Phi) is 6.46. The highest BCUT2D eigenvalue weighted by molar-refractivity contribution is 7.10. The lowest BCUT2D eigenvalue weighted by molar-refractivity contribution is 0.0735. The standard InChI is InChI=1S/C25H26N2O4S/c1-4-31-21-9-8-17(14-22(21)30-3)24(28)26-20-7-5-6-19(16(20)2)25(29)27-12-10-23-18(15-27)11-13-32-23/h5-9,11,13-14H,4,10,12,15H2,1-3H3,(H,26,28). The molecule has 0 atom stereocenters. The van der Waals surface area contributed by atoms with E-state index in [1.807, 2.05) is 30.9 Å². The minimum absolute atomic E-state index is 0.0156. The van der Waals surface area contributed by atoms with Gasteiger partial charge in [0.2, 0.25) is 0 Å². The molecule has 4 rings (SSSR count). The summed E-state index contributed by atoms with van der Waals surface area (Å²) in [6.45, 7) is 5.59. The summed E-state index contributed by atoms with van der Waals surface area (Å²) in [6, 6.07) is 12.6. The second-order valence-corrected chi connectivity index (χ2v) is 8.58. The monoisotopic (exact) mass is 450 g/mol. The molecule has 2 heterocycles. The molecule has 0 radical (unpaired) electrons. The minimum Gasteiger partial charge on any atom is -0.493 e. The number of fused-ring (bicyclic) bond motifs is 1. The lowest BCUT2D eigenvalue weighted by atomic mass is 10.0. The smallest absolute Gasteiger partial charge is 0.255 e. The van der Waals surface area contributed by atoms with Gasteiger partial charge in [-0.1, -0.05) is 6.07 Å². The highest BCUT2D eigenvalue weighted by atomic mass is 32.1. The van der Waals surface area contributed by atoms with E-state index in [4.69, 9.17) is 9.47 Å². The Morgan fingerprint density at radius 2 is 2.00 bits per heavy atom. The second kappa shape index (κ2) is 9.44. The normalized spacial score (nSPS) is 12.8. The molecule has 2 aromatic carbocycles. The SMILES string of the molecule is CCOc1ccc(C(=O)Nc2cccc(C(=O)N3CCc4sccc4C3)c2C)cc1OC. The van der Waals surface area contributed by atoms with E-state index in [0.29, 0.717) is 48.0 Å². The van der Waals surface area contributed by atoms with Gasteiger partial charge >= 0.3 is 0 Å². The number of hydrogen-bond acceptors (Lipinski definition) is 5. The minimum atomic E-state index is -0.278. The number of rotatable bonds is 6. The quantitative estimate of drug-likeness (QED) is 0.579. The van der Waals surface area contributed by atoms with Crippen molar-refractivity contribution in [3.63, 3.8) is 0 Å². The Bertz CT molecular complexity index is 1150. The first-order valence-corrected chi connectivity index (χ1v) is 11.5. The summed E-state index contributed by atoms with van der Waals surface area (Å²) < 4.78 is 10.9. The van der Waals surface area contributed by atoms with Crippen molar-refractivity contribution in [2.75, 3.05) is 25.6 Å². The largest absolute Gasteiger partial charge is 0.493 e. The molecule has 32 heavy (non-hydrogen) atoms. The maximum Gasteiger partial charge on any atom is 0.255 e. The van der Waals surface area contributed by atoms with Crippen molar-refractivity contribution in [3.05, 3.63) is 75.0 Å². The number of thiophene rings is 1. The van der Waals surface area contributed by atoms with Gasteiger partial charge in [-0.05, 0) is 73.2 Å². The van der Waals surface area contributed by atoms with Crippen molar-refractivity contribution in [1.82, 2.24) is 4.90 Å². The first kappa shape index (κ1) is 21.9. The molecule has 0 aliphatic carbocycles. The van der Waals surface area contributed by atoms with Crippen LogP contribution in [0, 0.1) is 6.92 Å². The third-order valence-electron chi connectivity index (χ3n) is 5.63. The van der Waals surface area contributed by atoms with Crippen LogP contribution in [0.25, 0.3) is 0 Å². The zero-order valence-corrected chi connectivity index (χ0v) is 19.3. The van der Waals surface area contributed by atoms with Crippen molar-refractivity contribution < 1.29 is 19.1 Å². The van der Waals surface area contributed by atoms with Crippen molar-refractivity contribution in [2.45, 2.75) is 26.8 Å². The van der Waals surface area contributed by atoms with Gasteiger partial charge in [0.1, 0.15) is 0 Å². The number of carbonyl (C=O) groups is 2. The van der Waals surface area contributed by atoms with Gasteiger partial charge in [0, 0.05) is 34.8 Å². The fourth-order valence-corrected chi connectivity index (χ4v) is 4.76. The Balaban J connectivity index is 1.53. The van der Waals surface area contributed by atoms with Crippen molar-refractivity contribution >= 4 is 28.8 Å². The zero-order chi connectivity index (χ0) is 22.7. The van der Waals surface area contributed by atoms with Crippen LogP contribution in [0.2, 0.25) is 0 Å². The Morgan fingerprint density at radius 1 is 1.16 bits per heavy atom. The van der Waals surface area contributed by atoms with Crippen LogP contribution in [0.15, 0.2) is 47.8 Å².